The highest BCUT2D eigenvalue weighted by atomic mass is 16.5. The van der Waals surface area contributed by atoms with Crippen LogP contribution < -0.4 is 10.2 Å². The van der Waals surface area contributed by atoms with Crippen molar-refractivity contribution in [2.75, 3.05) is 43.6 Å². The number of morpholine rings is 1. The quantitative estimate of drug-likeness (QED) is 0.735. The summed E-state index contributed by atoms with van der Waals surface area (Å²) in [6.07, 6.45) is 1.60. The third-order valence-corrected chi connectivity index (χ3v) is 2.53. The van der Waals surface area contributed by atoms with Gasteiger partial charge in [-0.1, -0.05) is 0 Å². The number of nitrogens with one attached hydrogen (secondary N) is 1. The van der Waals surface area contributed by atoms with E-state index < -0.39 is 0 Å². The van der Waals surface area contributed by atoms with Crippen molar-refractivity contribution in [2.45, 2.75) is 6.10 Å². The minimum absolute atomic E-state index is 0.0421. The molecule has 1 unspecified atom stereocenters. The fraction of sp³-hybridized carbons (Fsp3) is 0.600. The van der Waals surface area contributed by atoms with Gasteiger partial charge in [0.2, 0.25) is 5.95 Å². The molecule has 1 fully saturated rings. The number of hydrogen-bond donors (Lipinski definition) is 2. The molecular weight excluding hydrogens is 208 g/mol. The van der Waals surface area contributed by atoms with Gasteiger partial charge in [-0.05, 0) is 6.07 Å². The molecule has 88 valence electrons. The minimum Gasteiger partial charge on any atom is -0.394 e. The molecule has 0 saturated carbocycles. The average molecular weight is 224 g/mol. The van der Waals surface area contributed by atoms with E-state index >= 15 is 0 Å². The van der Waals surface area contributed by atoms with Gasteiger partial charge in [0.15, 0.2) is 0 Å². The first kappa shape index (κ1) is 11.1. The van der Waals surface area contributed by atoms with Crippen LogP contribution in [0.5, 0.6) is 0 Å². The highest BCUT2D eigenvalue weighted by molar-refractivity contribution is 5.42. The lowest BCUT2D eigenvalue weighted by Gasteiger charge is -2.32. The van der Waals surface area contributed by atoms with Crippen LogP contribution in [0.25, 0.3) is 0 Å². The van der Waals surface area contributed by atoms with Gasteiger partial charge in [-0.2, -0.15) is 4.98 Å². The molecular formula is C10H16N4O2. The first-order chi connectivity index (χ1) is 7.83. The molecule has 0 amide bonds. The normalized spacial score (nSPS) is 20.9. The van der Waals surface area contributed by atoms with Crippen molar-refractivity contribution in [3.8, 4) is 0 Å². The summed E-state index contributed by atoms with van der Waals surface area (Å²) in [5.41, 5.74) is 0. The number of nitrogens with zero attached hydrogens (tertiary/aromatic N) is 3. The van der Waals surface area contributed by atoms with E-state index in [0.717, 1.165) is 12.4 Å². The van der Waals surface area contributed by atoms with Gasteiger partial charge >= 0.3 is 0 Å². The Morgan fingerprint density at radius 1 is 1.69 bits per heavy atom. The summed E-state index contributed by atoms with van der Waals surface area (Å²) in [6.45, 7) is 2.11. The van der Waals surface area contributed by atoms with Crippen molar-refractivity contribution in [1.29, 1.82) is 0 Å². The predicted octanol–water partition coefficient (Wildman–Crippen LogP) is -0.284. The second kappa shape index (κ2) is 5.09. The number of anilines is 2. The van der Waals surface area contributed by atoms with Crippen LogP contribution in [-0.2, 0) is 4.74 Å². The van der Waals surface area contributed by atoms with Gasteiger partial charge in [-0.25, -0.2) is 4.98 Å². The van der Waals surface area contributed by atoms with Crippen LogP contribution in [0.2, 0.25) is 0 Å². The van der Waals surface area contributed by atoms with E-state index in [1.165, 1.54) is 0 Å². The van der Waals surface area contributed by atoms with Crippen molar-refractivity contribution in [1.82, 2.24) is 9.97 Å². The zero-order valence-electron chi connectivity index (χ0n) is 9.26. The van der Waals surface area contributed by atoms with Gasteiger partial charge in [-0.3, -0.25) is 0 Å². The summed E-state index contributed by atoms with van der Waals surface area (Å²) in [5.74, 6) is 1.46. The molecule has 1 saturated heterocycles. The Labute approximate surface area is 94.3 Å². The maximum Gasteiger partial charge on any atom is 0.224 e. The van der Waals surface area contributed by atoms with Gasteiger partial charge in [0, 0.05) is 26.3 Å². The Morgan fingerprint density at radius 3 is 3.31 bits per heavy atom. The molecule has 1 aliphatic rings. The number of rotatable bonds is 3. The van der Waals surface area contributed by atoms with E-state index in [1.807, 2.05) is 6.07 Å². The number of aromatic nitrogens is 2. The zero-order chi connectivity index (χ0) is 11.4. The summed E-state index contributed by atoms with van der Waals surface area (Å²) in [4.78, 5) is 10.5. The van der Waals surface area contributed by atoms with E-state index in [0.29, 0.717) is 19.1 Å². The first-order valence-electron chi connectivity index (χ1n) is 5.31. The maximum atomic E-state index is 9.06. The van der Waals surface area contributed by atoms with E-state index in [2.05, 4.69) is 20.2 Å². The van der Waals surface area contributed by atoms with Gasteiger partial charge in [0.1, 0.15) is 5.82 Å². The lowest BCUT2D eigenvalue weighted by atomic mass is 10.3. The fourth-order valence-corrected chi connectivity index (χ4v) is 1.68. The Kier molecular flexibility index (Phi) is 3.53. The number of aliphatic hydroxyl groups excluding tert-OH is 1. The highest BCUT2D eigenvalue weighted by Gasteiger charge is 2.20. The standard InChI is InChI=1S/C10H16N4O2/c1-11-10-12-3-2-9(13-10)14-4-5-16-8(6-14)7-15/h2-3,8,15H,4-7H2,1H3,(H,11,12,13). The van der Waals surface area contributed by atoms with Crippen molar-refractivity contribution < 1.29 is 9.84 Å². The predicted molar refractivity (Wildman–Crippen MR) is 60.6 cm³/mol. The third-order valence-electron chi connectivity index (χ3n) is 2.53. The lowest BCUT2D eigenvalue weighted by Crippen LogP contribution is -2.44. The SMILES string of the molecule is CNc1nccc(N2CCOC(CO)C2)n1. The van der Waals surface area contributed by atoms with Crippen LogP contribution in [0.15, 0.2) is 12.3 Å². The molecule has 0 bridgehead atoms. The molecule has 1 aliphatic heterocycles. The summed E-state index contributed by atoms with van der Waals surface area (Å²) in [7, 11) is 1.79. The van der Waals surface area contributed by atoms with E-state index in [4.69, 9.17) is 9.84 Å². The summed E-state index contributed by atoms with van der Waals surface area (Å²) in [6, 6.07) is 1.86. The Bertz CT molecular complexity index is 347. The van der Waals surface area contributed by atoms with Crippen molar-refractivity contribution >= 4 is 11.8 Å². The molecule has 6 heteroatoms. The summed E-state index contributed by atoms with van der Waals surface area (Å²) >= 11 is 0. The maximum absolute atomic E-state index is 9.06. The smallest absolute Gasteiger partial charge is 0.224 e. The van der Waals surface area contributed by atoms with Gasteiger partial charge in [-0.15, -0.1) is 0 Å². The molecule has 0 radical (unpaired) electrons. The van der Waals surface area contributed by atoms with Crippen LogP contribution in [0, 0.1) is 0 Å². The summed E-state index contributed by atoms with van der Waals surface area (Å²) < 4.78 is 5.38. The molecule has 2 N–H and O–H groups in total. The number of hydrogen-bond acceptors (Lipinski definition) is 6. The van der Waals surface area contributed by atoms with Gasteiger partial charge in [0.05, 0.1) is 19.3 Å². The molecule has 2 heterocycles. The van der Waals surface area contributed by atoms with Crippen molar-refractivity contribution in [2.24, 2.45) is 0 Å². The average Bonchev–Trinajstić information content (AvgIpc) is 2.39. The second-order valence-corrected chi connectivity index (χ2v) is 3.61. The number of ether oxygens (including phenoxy) is 1. The molecule has 1 aromatic rings. The molecule has 1 aromatic heterocycles. The molecule has 2 rings (SSSR count). The van der Waals surface area contributed by atoms with Crippen molar-refractivity contribution in [3.63, 3.8) is 0 Å². The van der Waals surface area contributed by atoms with Gasteiger partial charge in [0.25, 0.3) is 0 Å². The van der Waals surface area contributed by atoms with E-state index in [-0.39, 0.29) is 12.7 Å². The highest BCUT2D eigenvalue weighted by Crippen LogP contribution is 2.15. The van der Waals surface area contributed by atoms with Crippen LogP contribution >= 0.6 is 0 Å². The minimum atomic E-state index is -0.123. The zero-order valence-corrected chi connectivity index (χ0v) is 9.26. The Hall–Kier alpha value is -1.40. The van der Waals surface area contributed by atoms with E-state index in [9.17, 15) is 0 Å². The van der Waals surface area contributed by atoms with Crippen molar-refractivity contribution in [3.05, 3.63) is 12.3 Å². The molecule has 16 heavy (non-hydrogen) atoms. The van der Waals surface area contributed by atoms with Crippen LogP contribution in [0.1, 0.15) is 0 Å². The first-order valence-corrected chi connectivity index (χ1v) is 5.31. The van der Waals surface area contributed by atoms with E-state index in [1.54, 1.807) is 13.2 Å². The fourth-order valence-electron chi connectivity index (χ4n) is 1.68. The lowest BCUT2D eigenvalue weighted by molar-refractivity contribution is 0.00336. The topological polar surface area (TPSA) is 70.5 Å². The van der Waals surface area contributed by atoms with Crippen LogP contribution in [0.4, 0.5) is 11.8 Å². The third kappa shape index (κ3) is 2.40. The molecule has 0 aliphatic carbocycles. The molecule has 1 atom stereocenters. The Balaban J connectivity index is 2.10. The molecule has 0 spiro atoms. The van der Waals surface area contributed by atoms with Gasteiger partial charge < -0.3 is 20.1 Å². The van der Waals surface area contributed by atoms with Crippen LogP contribution in [0.3, 0.4) is 0 Å². The Morgan fingerprint density at radius 2 is 2.56 bits per heavy atom. The monoisotopic (exact) mass is 224 g/mol. The molecule has 6 nitrogen and oxygen atoms in total. The second-order valence-electron chi connectivity index (χ2n) is 3.61. The largest absolute Gasteiger partial charge is 0.394 e. The summed E-state index contributed by atoms with van der Waals surface area (Å²) in [5, 5.41) is 12.0. The molecule has 0 aromatic carbocycles. The van der Waals surface area contributed by atoms with Crippen LogP contribution in [-0.4, -0.2) is 54.5 Å². The number of aliphatic hydroxyl groups is 1.